The Morgan fingerprint density at radius 3 is 2.59 bits per heavy atom. The molecule has 1 aliphatic rings. The van der Waals surface area contributed by atoms with Gasteiger partial charge in [-0.15, -0.1) is 11.3 Å². The molecule has 1 aliphatic carbocycles. The van der Waals surface area contributed by atoms with Crippen LogP contribution in [0.1, 0.15) is 19.3 Å². The number of hydrogen-bond donors (Lipinski definition) is 0. The Kier molecular flexibility index (Phi) is 4.52. The lowest BCUT2D eigenvalue weighted by atomic mass is 9.93. The topological polar surface area (TPSA) is 37.4 Å². The van der Waals surface area contributed by atoms with Gasteiger partial charge in [0.15, 0.2) is 0 Å². The van der Waals surface area contributed by atoms with Gasteiger partial charge in [0.2, 0.25) is 0 Å². The summed E-state index contributed by atoms with van der Waals surface area (Å²) in [4.78, 5) is 0. The van der Waals surface area contributed by atoms with Crippen LogP contribution in [-0.2, 0) is 10.0 Å². The zero-order valence-electron chi connectivity index (χ0n) is 9.10. The van der Waals surface area contributed by atoms with Gasteiger partial charge in [-0.25, -0.2) is 8.42 Å². The number of alkyl halides is 1. The predicted octanol–water partition coefficient (Wildman–Crippen LogP) is 3.34. The van der Waals surface area contributed by atoms with E-state index in [0.29, 0.717) is 20.4 Å². The molecule has 0 radical (unpaired) electrons. The summed E-state index contributed by atoms with van der Waals surface area (Å²) in [5.74, 6) is 0. The Hall–Kier alpha value is 0.380. The number of hydrogen-bond acceptors (Lipinski definition) is 3. The number of sulfonamides is 1. The standard InChI is InChI=1S/C10H13BrClNO2S2/c11-6-7-13(8-2-1-3-8)17(14,15)10-5-4-9(12)16-10/h4-5,8H,1-3,6-7H2. The van der Waals surface area contributed by atoms with E-state index in [9.17, 15) is 8.42 Å². The van der Waals surface area contributed by atoms with Crippen LogP contribution in [0.15, 0.2) is 16.3 Å². The molecule has 2 rings (SSSR count). The maximum absolute atomic E-state index is 12.4. The second-order valence-corrected chi connectivity index (χ2v) is 8.57. The lowest BCUT2D eigenvalue weighted by molar-refractivity contribution is 0.228. The average molecular weight is 359 g/mol. The molecule has 0 bridgehead atoms. The van der Waals surface area contributed by atoms with Crippen molar-refractivity contribution in [1.82, 2.24) is 4.31 Å². The lowest BCUT2D eigenvalue weighted by Crippen LogP contribution is -2.44. The molecule has 1 aromatic rings. The van der Waals surface area contributed by atoms with Crippen molar-refractivity contribution in [2.45, 2.75) is 29.5 Å². The fourth-order valence-electron chi connectivity index (χ4n) is 1.81. The van der Waals surface area contributed by atoms with E-state index in [1.165, 1.54) is 0 Å². The van der Waals surface area contributed by atoms with E-state index >= 15 is 0 Å². The molecule has 0 amide bonds. The van der Waals surface area contributed by atoms with Gasteiger partial charge in [-0.2, -0.15) is 4.31 Å². The Labute approximate surface area is 119 Å². The third-order valence-electron chi connectivity index (χ3n) is 2.90. The molecule has 0 atom stereocenters. The Bertz CT molecular complexity index is 484. The molecule has 3 nitrogen and oxygen atoms in total. The van der Waals surface area contributed by atoms with Crippen LogP contribution in [-0.4, -0.2) is 30.6 Å². The van der Waals surface area contributed by atoms with Gasteiger partial charge in [-0.3, -0.25) is 0 Å². The van der Waals surface area contributed by atoms with Crippen LogP contribution < -0.4 is 0 Å². The van der Waals surface area contributed by atoms with E-state index in [1.54, 1.807) is 16.4 Å². The fourth-order valence-corrected chi connectivity index (χ4v) is 5.72. The number of halogens is 2. The van der Waals surface area contributed by atoms with Crippen molar-refractivity contribution in [2.24, 2.45) is 0 Å². The summed E-state index contributed by atoms with van der Waals surface area (Å²) in [6.45, 7) is 0.516. The third kappa shape index (κ3) is 2.87. The number of thiophene rings is 1. The molecule has 0 N–H and O–H groups in total. The van der Waals surface area contributed by atoms with Crippen LogP contribution >= 0.6 is 38.9 Å². The molecular weight excluding hydrogens is 346 g/mol. The normalized spacial score (nSPS) is 17.4. The molecule has 0 aromatic carbocycles. The average Bonchev–Trinajstić information content (AvgIpc) is 2.62. The second kappa shape index (κ2) is 5.57. The summed E-state index contributed by atoms with van der Waals surface area (Å²) < 4.78 is 27.3. The largest absolute Gasteiger partial charge is 0.252 e. The molecule has 0 unspecified atom stereocenters. The zero-order valence-corrected chi connectivity index (χ0v) is 13.1. The third-order valence-corrected chi connectivity index (χ3v) is 6.90. The van der Waals surface area contributed by atoms with E-state index in [4.69, 9.17) is 11.6 Å². The van der Waals surface area contributed by atoms with Gasteiger partial charge in [0.05, 0.1) is 4.34 Å². The highest BCUT2D eigenvalue weighted by Gasteiger charge is 2.35. The summed E-state index contributed by atoms with van der Waals surface area (Å²) in [5.41, 5.74) is 0. The van der Waals surface area contributed by atoms with Gasteiger partial charge in [-0.1, -0.05) is 34.0 Å². The first-order chi connectivity index (χ1) is 8.05. The molecule has 0 saturated heterocycles. The van der Waals surface area contributed by atoms with E-state index in [0.717, 1.165) is 30.6 Å². The lowest BCUT2D eigenvalue weighted by Gasteiger charge is -2.35. The zero-order chi connectivity index (χ0) is 12.5. The van der Waals surface area contributed by atoms with Gasteiger partial charge in [0.1, 0.15) is 4.21 Å². The van der Waals surface area contributed by atoms with Crippen molar-refractivity contribution < 1.29 is 8.42 Å². The fraction of sp³-hybridized carbons (Fsp3) is 0.600. The molecule has 1 aromatic heterocycles. The van der Waals surface area contributed by atoms with Crippen LogP contribution in [0.5, 0.6) is 0 Å². The molecule has 1 fully saturated rings. The first-order valence-corrected chi connectivity index (χ1v) is 9.14. The van der Waals surface area contributed by atoms with Crippen molar-refractivity contribution >= 4 is 48.9 Å². The van der Waals surface area contributed by atoms with E-state index in [-0.39, 0.29) is 6.04 Å². The van der Waals surface area contributed by atoms with Gasteiger partial charge < -0.3 is 0 Å². The van der Waals surface area contributed by atoms with E-state index in [2.05, 4.69) is 15.9 Å². The Morgan fingerprint density at radius 1 is 1.47 bits per heavy atom. The van der Waals surface area contributed by atoms with Crippen molar-refractivity contribution in [3.63, 3.8) is 0 Å². The highest BCUT2D eigenvalue weighted by Crippen LogP contribution is 2.33. The maximum Gasteiger partial charge on any atom is 0.252 e. The smallest absolute Gasteiger partial charge is 0.206 e. The van der Waals surface area contributed by atoms with Crippen molar-refractivity contribution in [3.05, 3.63) is 16.5 Å². The van der Waals surface area contributed by atoms with Gasteiger partial charge in [-0.05, 0) is 25.0 Å². The van der Waals surface area contributed by atoms with Gasteiger partial charge >= 0.3 is 0 Å². The summed E-state index contributed by atoms with van der Waals surface area (Å²) in [7, 11) is -3.37. The quantitative estimate of drug-likeness (QED) is 0.757. The predicted molar refractivity (Wildman–Crippen MR) is 74.7 cm³/mol. The molecule has 0 spiro atoms. The monoisotopic (exact) mass is 357 g/mol. The van der Waals surface area contributed by atoms with Crippen LogP contribution in [0.25, 0.3) is 0 Å². The van der Waals surface area contributed by atoms with E-state index < -0.39 is 10.0 Å². The Morgan fingerprint density at radius 2 is 2.18 bits per heavy atom. The second-order valence-electron chi connectivity index (χ2n) is 3.95. The molecule has 0 aliphatic heterocycles. The molecular formula is C10H13BrClNO2S2. The minimum atomic E-state index is -3.37. The SMILES string of the molecule is O=S(=O)(c1ccc(Cl)s1)N(CCBr)C1CCC1. The highest BCUT2D eigenvalue weighted by molar-refractivity contribution is 9.09. The minimum absolute atomic E-state index is 0.165. The number of rotatable bonds is 5. The molecule has 96 valence electrons. The molecule has 1 heterocycles. The minimum Gasteiger partial charge on any atom is -0.206 e. The summed E-state index contributed by atoms with van der Waals surface area (Å²) in [5, 5.41) is 0.655. The highest BCUT2D eigenvalue weighted by atomic mass is 79.9. The summed E-state index contributed by atoms with van der Waals surface area (Å²) in [6.07, 6.45) is 3.04. The van der Waals surface area contributed by atoms with Gasteiger partial charge in [0.25, 0.3) is 10.0 Å². The molecule has 1 saturated carbocycles. The van der Waals surface area contributed by atoms with Crippen LogP contribution in [0.3, 0.4) is 0 Å². The summed E-state index contributed by atoms with van der Waals surface area (Å²) >= 11 is 10.2. The van der Waals surface area contributed by atoms with Gasteiger partial charge in [0, 0.05) is 17.9 Å². The molecule has 17 heavy (non-hydrogen) atoms. The summed E-state index contributed by atoms with van der Waals surface area (Å²) in [6, 6.07) is 3.38. The number of nitrogens with zero attached hydrogens (tertiary/aromatic N) is 1. The van der Waals surface area contributed by atoms with Crippen molar-refractivity contribution in [1.29, 1.82) is 0 Å². The molecule has 7 heteroatoms. The first kappa shape index (κ1) is 13.8. The van der Waals surface area contributed by atoms with Crippen LogP contribution in [0.2, 0.25) is 4.34 Å². The first-order valence-electron chi connectivity index (χ1n) is 5.39. The van der Waals surface area contributed by atoms with E-state index in [1.807, 2.05) is 0 Å². The maximum atomic E-state index is 12.4. The van der Waals surface area contributed by atoms with Crippen molar-refractivity contribution in [2.75, 3.05) is 11.9 Å². The Balaban J connectivity index is 2.27. The van der Waals surface area contributed by atoms with Crippen molar-refractivity contribution in [3.8, 4) is 0 Å². The van der Waals surface area contributed by atoms with Crippen LogP contribution in [0.4, 0.5) is 0 Å². The van der Waals surface area contributed by atoms with Crippen LogP contribution in [0, 0.1) is 0 Å².